The average molecular weight is 524 g/mol. The standard InChI is InChI=1S/C23H26BrNO6S/c1-14(26)15-4-7-17(8-5-15)25-22(29)31-21(18-12-16(24)6-9-19(18)27)23(2,3)10-11-30-20(28)13-32/h4-9,12,21,27,32H,10-11,13H2,1-3H3,(H,25,29)/t21-/m0/s1. The van der Waals surface area contributed by atoms with Gasteiger partial charge < -0.3 is 14.6 Å². The molecule has 9 heteroatoms. The van der Waals surface area contributed by atoms with Gasteiger partial charge in [-0.25, -0.2) is 4.79 Å². The number of ether oxygens (including phenoxy) is 2. The van der Waals surface area contributed by atoms with E-state index in [1.165, 1.54) is 13.0 Å². The molecule has 0 fully saturated rings. The van der Waals surface area contributed by atoms with Gasteiger partial charge >= 0.3 is 12.1 Å². The van der Waals surface area contributed by atoms with Gasteiger partial charge in [0.15, 0.2) is 5.78 Å². The molecule has 0 aliphatic heterocycles. The van der Waals surface area contributed by atoms with Crippen molar-refractivity contribution in [2.75, 3.05) is 17.7 Å². The SMILES string of the molecule is CC(=O)c1ccc(NC(=O)O[C@@H](c2cc(Br)ccc2O)C(C)(C)CCOC(=O)CS)cc1. The average Bonchev–Trinajstić information content (AvgIpc) is 2.74. The quantitative estimate of drug-likeness (QED) is 0.226. The lowest BCUT2D eigenvalue weighted by Crippen LogP contribution is -2.30. The molecule has 0 saturated heterocycles. The number of halogens is 1. The fourth-order valence-electron chi connectivity index (χ4n) is 3.03. The van der Waals surface area contributed by atoms with Gasteiger partial charge in [-0.1, -0.05) is 29.8 Å². The zero-order valence-corrected chi connectivity index (χ0v) is 20.5. The van der Waals surface area contributed by atoms with E-state index in [9.17, 15) is 19.5 Å². The Balaban J connectivity index is 2.23. The van der Waals surface area contributed by atoms with Crippen LogP contribution < -0.4 is 5.32 Å². The Hall–Kier alpha value is -2.52. The van der Waals surface area contributed by atoms with Gasteiger partial charge in [-0.15, -0.1) is 0 Å². The first-order chi connectivity index (χ1) is 15.0. The van der Waals surface area contributed by atoms with Crippen molar-refractivity contribution < 1.29 is 29.0 Å². The Kier molecular flexibility index (Phi) is 9.15. The fraction of sp³-hybridized carbons (Fsp3) is 0.348. The van der Waals surface area contributed by atoms with Crippen LogP contribution in [0.2, 0.25) is 0 Å². The van der Waals surface area contributed by atoms with Crippen LogP contribution in [0.4, 0.5) is 10.5 Å². The molecule has 0 bridgehead atoms. The van der Waals surface area contributed by atoms with Gasteiger partial charge in [-0.2, -0.15) is 12.6 Å². The second kappa shape index (κ2) is 11.4. The van der Waals surface area contributed by atoms with Gasteiger partial charge in [-0.3, -0.25) is 14.9 Å². The number of carbonyl (C=O) groups is 3. The first-order valence-electron chi connectivity index (χ1n) is 9.87. The summed E-state index contributed by atoms with van der Waals surface area (Å²) in [6.07, 6.45) is -1.22. The maximum atomic E-state index is 12.7. The van der Waals surface area contributed by atoms with Gasteiger partial charge in [-0.05, 0) is 55.8 Å². The van der Waals surface area contributed by atoms with E-state index in [2.05, 4.69) is 33.9 Å². The van der Waals surface area contributed by atoms with Gasteiger partial charge in [0.25, 0.3) is 0 Å². The number of esters is 1. The van der Waals surface area contributed by atoms with Crippen LogP contribution in [0, 0.1) is 5.41 Å². The molecular weight excluding hydrogens is 498 g/mol. The molecule has 0 aromatic heterocycles. The van der Waals surface area contributed by atoms with Crippen molar-refractivity contribution in [1.29, 1.82) is 0 Å². The number of amides is 1. The highest BCUT2D eigenvalue weighted by atomic mass is 79.9. The number of thiol groups is 1. The Bertz CT molecular complexity index is 977. The zero-order chi connectivity index (χ0) is 23.9. The topological polar surface area (TPSA) is 102 Å². The van der Waals surface area contributed by atoms with E-state index in [0.717, 1.165) is 0 Å². The van der Waals surface area contributed by atoms with Crippen LogP contribution in [0.3, 0.4) is 0 Å². The molecule has 32 heavy (non-hydrogen) atoms. The summed E-state index contributed by atoms with van der Waals surface area (Å²) in [5.74, 6) is -0.585. The zero-order valence-electron chi connectivity index (χ0n) is 18.1. The third-order valence-corrected chi connectivity index (χ3v) is 5.63. The van der Waals surface area contributed by atoms with E-state index >= 15 is 0 Å². The van der Waals surface area contributed by atoms with Crippen LogP contribution >= 0.6 is 28.6 Å². The predicted octanol–water partition coefficient (Wildman–Crippen LogP) is 5.54. The van der Waals surface area contributed by atoms with E-state index < -0.39 is 23.6 Å². The molecule has 2 aromatic carbocycles. The van der Waals surface area contributed by atoms with Crippen molar-refractivity contribution in [3.63, 3.8) is 0 Å². The molecule has 0 spiro atoms. The lowest BCUT2D eigenvalue weighted by Gasteiger charge is -2.34. The third kappa shape index (κ3) is 7.27. The van der Waals surface area contributed by atoms with Gasteiger partial charge in [0.1, 0.15) is 11.9 Å². The minimum atomic E-state index is -0.855. The Morgan fingerprint density at radius 3 is 2.41 bits per heavy atom. The second-order valence-corrected chi connectivity index (χ2v) is 9.10. The summed E-state index contributed by atoms with van der Waals surface area (Å²) in [5.41, 5.74) is 0.688. The molecule has 172 valence electrons. The van der Waals surface area contributed by atoms with Gasteiger partial charge in [0.2, 0.25) is 0 Å². The number of hydrogen-bond acceptors (Lipinski definition) is 7. The number of phenolic OH excluding ortho intramolecular Hbond substituents is 1. The molecule has 2 aromatic rings. The van der Waals surface area contributed by atoms with Crippen LogP contribution in [0.5, 0.6) is 5.75 Å². The fourth-order valence-corrected chi connectivity index (χ4v) is 3.50. The number of nitrogens with one attached hydrogen (secondary N) is 1. The molecule has 0 unspecified atom stereocenters. The number of aromatic hydroxyl groups is 1. The number of hydrogen-bond donors (Lipinski definition) is 3. The largest absolute Gasteiger partial charge is 0.508 e. The molecule has 7 nitrogen and oxygen atoms in total. The first kappa shape index (κ1) is 25.7. The second-order valence-electron chi connectivity index (χ2n) is 7.86. The molecule has 0 radical (unpaired) electrons. The van der Waals surface area contributed by atoms with Crippen molar-refractivity contribution in [3.8, 4) is 5.75 Å². The summed E-state index contributed by atoms with van der Waals surface area (Å²) < 4.78 is 11.6. The normalized spacial score (nSPS) is 12.0. The summed E-state index contributed by atoms with van der Waals surface area (Å²) in [4.78, 5) is 35.5. The molecule has 0 aliphatic carbocycles. The minimum Gasteiger partial charge on any atom is -0.508 e. The van der Waals surface area contributed by atoms with Crippen molar-refractivity contribution in [3.05, 3.63) is 58.1 Å². The van der Waals surface area contributed by atoms with Crippen molar-refractivity contribution in [1.82, 2.24) is 0 Å². The van der Waals surface area contributed by atoms with Crippen molar-refractivity contribution >= 4 is 52.1 Å². The van der Waals surface area contributed by atoms with E-state index in [1.807, 2.05) is 13.8 Å². The maximum Gasteiger partial charge on any atom is 0.412 e. The number of ketones is 1. The Morgan fingerprint density at radius 1 is 1.16 bits per heavy atom. The predicted molar refractivity (Wildman–Crippen MR) is 128 cm³/mol. The van der Waals surface area contributed by atoms with E-state index in [4.69, 9.17) is 9.47 Å². The molecule has 0 aliphatic rings. The van der Waals surface area contributed by atoms with Crippen LogP contribution in [0.15, 0.2) is 46.9 Å². The number of phenols is 1. The van der Waals surface area contributed by atoms with Crippen LogP contribution in [0.1, 0.15) is 49.2 Å². The summed E-state index contributed by atoms with van der Waals surface area (Å²) in [6, 6.07) is 11.3. The Morgan fingerprint density at radius 2 is 1.81 bits per heavy atom. The molecular formula is C23H26BrNO6S. The molecule has 1 amide bonds. The summed E-state index contributed by atoms with van der Waals surface area (Å²) in [6.45, 7) is 5.26. The molecule has 2 N–H and O–H groups in total. The van der Waals surface area contributed by atoms with E-state index in [1.54, 1.807) is 36.4 Å². The van der Waals surface area contributed by atoms with Crippen LogP contribution in [-0.2, 0) is 14.3 Å². The van der Waals surface area contributed by atoms with Crippen LogP contribution in [-0.4, -0.2) is 35.3 Å². The monoisotopic (exact) mass is 523 g/mol. The van der Waals surface area contributed by atoms with Crippen molar-refractivity contribution in [2.24, 2.45) is 5.41 Å². The van der Waals surface area contributed by atoms with E-state index in [-0.39, 0.29) is 23.9 Å². The molecule has 0 heterocycles. The lowest BCUT2D eigenvalue weighted by atomic mass is 9.79. The summed E-state index contributed by atoms with van der Waals surface area (Å²) in [7, 11) is 0. The highest BCUT2D eigenvalue weighted by Gasteiger charge is 2.36. The highest BCUT2D eigenvalue weighted by molar-refractivity contribution is 9.10. The molecule has 1 atom stereocenters. The van der Waals surface area contributed by atoms with Crippen molar-refractivity contribution in [2.45, 2.75) is 33.3 Å². The molecule has 0 saturated carbocycles. The third-order valence-electron chi connectivity index (χ3n) is 4.88. The minimum absolute atomic E-state index is 0.0302. The first-order valence-corrected chi connectivity index (χ1v) is 11.3. The number of rotatable bonds is 9. The maximum absolute atomic E-state index is 12.7. The van der Waals surface area contributed by atoms with Gasteiger partial charge in [0.05, 0.1) is 12.4 Å². The number of carbonyl (C=O) groups excluding carboxylic acids is 3. The van der Waals surface area contributed by atoms with E-state index in [0.29, 0.717) is 27.7 Å². The summed E-state index contributed by atoms with van der Waals surface area (Å²) in [5, 5.41) is 13.1. The highest BCUT2D eigenvalue weighted by Crippen LogP contribution is 2.43. The molecule has 2 rings (SSSR count). The van der Waals surface area contributed by atoms with Gasteiger partial charge in [0, 0.05) is 26.7 Å². The van der Waals surface area contributed by atoms with Crippen LogP contribution in [0.25, 0.3) is 0 Å². The lowest BCUT2D eigenvalue weighted by molar-refractivity contribution is -0.141. The Labute approximate surface area is 201 Å². The smallest absolute Gasteiger partial charge is 0.412 e. The summed E-state index contributed by atoms with van der Waals surface area (Å²) >= 11 is 7.26. The number of anilines is 1. The number of benzene rings is 2. The number of Topliss-reactive ketones (excluding diaryl/α,β-unsaturated/α-hetero) is 1.